The van der Waals surface area contributed by atoms with E-state index < -0.39 is 5.97 Å². The molecular weight excluding hydrogens is 276 g/mol. The third-order valence-corrected chi connectivity index (χ3v) is 2.27. The molecule has 0 aliphatic rings. The lowest BCUT2D eigenvalue weighted by molar-refractivity contribution is -0.131. The second-order valence-corrected chi connectivity index (χ2v) is 3.86. The van der Waals surface area contributed by atoms with Crippen LogP contribution in [0, 0.1) is 0 Å². The quantitative estimate of drug-likeness (QED) is 0.428. The SMILES string of the molecule is COCOc1ccc(/C=C/C=C/C(=O)O)cc1OCOC. The van der Waals surface area contributed by atoms with Crippen molar-refractivity contribution in [2.24, 2.45) is 0 Å². The fourth-order valence-corrected chi connectivity index (χ4v) is 1.41. The summed E-state index contributed by atoms with van der Waals surface area (Å²) in [5, 5.41) is 8.49. The van der Waals surface area contributed by atoms with E-state index in [-0.39, 0.29) is 13.6 Å². The number of aliphatic carboxylic acids is 1. The summed E-state index contributed by atoms with van der Waals surface area (Å²) in [6.45, 7) is 0.204. The van der Waals surface area contributed by atoms with Gasteiger partial charge in [0.15, 0.2) is 25.1 Å². The summed E-state index contributed by atoms with van der Waals surface area (Å²) in [4.78, 5) is 10.3. The normalized spacial score (nSPS) is 11.1. The predicted octanol–water partition coefficient (Wildman–Crippen LogP) is 2.31. The highest BCUT2D eigenvalue weighted by Crippen LogP contribution is 2.29. The van der Waals surface area contributed by atoms with Crippen molar-refractivity contribution in [1.82, 2.24) is 0 Å². The van der Waals surface area contributed by atoms with Crippen LogP contribution in [-0.2, 0) is 14.3 Å². The molecule has 0 radical (unpaired) electrons. The molecule has 1 aromatic carbocycles. The Labute approximate surface area is 123 Å². The van der Waals surface area contributed by atoms with E-state index in [0.717, 1.165) is 11.6 Å². The molecule has 1 rings (SSSR count). The number of carbonyl (C=O) groups is 1. The van der Waals surface area contributed by atoms with Crippen LogP contribution < -0.4 is 9.47 Å². The van der Waals surface area contributed by atoms with Gasteiger partial charge in [-0.3, -0.25) is 0 Å². The number of benzene rings is 1. The minimum Gasteiger partial charge on any atom is -0.478 e. The van der Waals surface area contributed by atoms with Gasteiger partial charge >= 0.3 is 5.97 Å². The Morgan fingerprint density at radius 2 is 1.76 bits per heavy atom. The molecule has 0 fully saturated rings. The molecule has 0 amide bonds. The zero-order valence-corrected chi connectivity index (χ0v) is 11.9. The monoisotopic (exact) mass is 294 g/mol. The molecule has 0 aromatic heterocycles. The van der Waals surface area contributed by atoms with Crippen LogP contribution in [0.2, 0.25) is 0 Å². The van der Waals surface area contributed by atoms with E-state index in [9.17, 15) is 4.79 Å². The Balaban J connectivity index is 2.84. The molecule has 0 spiro atoms. The minimum absolute atomic E-state index is 0.0927. The maximum Gasteiger partial charge on any atom is 0.328 e. The largest absolute Gasteiger partial charge is 0.478 e. The number of hydrogen-bond donors (Lipinski definition) is 1. The van der Waals surface area contributed by atoms with Crippen LogP contribution in [-0.4, -0.2) is 38.9 Å². The average molecular weight is 294 g/mol. The fourth-order valence-electron chi connectivity index (χ4n) is 1.41. The van der Waals surface area contributed by atoms with Gasteiger partial charge in [-0.25, -0.2) is 4.79 Å². The van der Waals surface area contributed by atoms with Crippen LogP contribution in [0.1, 0.15) is 5.56 Å². The molecule has 1 aromatic rings. The maximum atomic E-state index is 10.3. The molecular formula is C15H18O6. The fraction of sp³-hybridized carbons (Fsp3) is 0.267. The minimum atomic E-state index is -0.993. The topological polar surface area (TPSA) is 74.2 Å². The summed E-state index contributed by atoms with van der Waals surface area (Å²) in [6, 6.07) is 5.31. The van der Waals surface area contributed by atoms with Crippen molar-refractivity contribution in [3.05, 3.63) is 42.0 Å². The molecule has 0 aliphatic carbocycles. The van der Waals surface area contributed by atoms with E-state index in [4.69, 9.17) is 24.1 Å². The summed E-state index contributed by atoms with van der Waals surface area (Å²) in [6.07, 6.45) is 5.86. The number of allylic oxidation sites excluding steroid dienone is 2. The Kier molecular flexibility index (Phi) is 7.63. The van der Waals surface area contributed by atoms with Crippen molar-refractivity contribution in [1.29, 1.82) is 0 Å². The number of carboxylic acid groups (broad SMARTS) is 1. The van der Waals surface area contributed by atoms with Gasteiger partial charge < -0.3 is 24.1 Å². The number of hydrogen-bond acceptors (Lipinski definition) is 5. The van der Waals surface area contributed by atoms with Crippen LogP contribution >= 0.6 is 0 Å². The molecule has 6 heteroatoms. The van der Waals surface area contributed by atoms with Crippen LogP contribution in [0.3, 0.4) is 0 Å². The first-order valence-corrected chi connectivity index (χ1v) is 6.12. The van der Waals surface area contributed by atoms with E-state index in [1.807, 2.05) is 6.07 Å². The Hall–Kier alpha value is -2.31. The summed E-state index contributed by atoms with van der Waals surface area (Å²) < 4.78 is 20.5. The predicted molar refractivity (Wildman–Crippen MR) is 77.3 cm³/mol. The van der Waals surface area contributed by atoms with Crippen molar-refractivity contribution in [3.63, 3.8) is 0 Å². The molecule has 1 N–H and O–H groups in total. The summed E-state index contributed by atoms with van der Waals surface area (Å²) in [5.74, 6) is 0.0532. The van der Waals surface area contributed by atoms with Gasteiger partial charge in [0.1, 0.15) is 0 Å². The first-order valence-electron chi connectivity index (χ1n) is 6.12. The highest BCUT2D eigenvalue weighted by atomic mass is 16.7. The standard InChI is InChI=1S/C15H18O6/c1-18-10-20-13-8-7-12(5-3-4-6-15(16)17)9-14(13)21-11-19-2/h3-9H,10-11H2,1-2H3,(H,16,17)/b5-3+,6-4+. The lowest BCUT2D eigenvalue weighted by Crippen LogP contribution is -2.04. The molecule has 0 saturated carbocycles. The Bertz CT molecular complexity index is 507. The Morgan fingerprint density at radius 1 is 1.10 bits per heavy atom. The van der Waals surface area contributed by atoms with E-state index >= 15 is 0 Å². The van der Waals surface area contributed by atoms with Crippen LogP contribution in [0.4, 0.5) is 0 Å². The number of ether oxygens (including phenoxy) is 4. The summed E-state index contributed by atoms with van der Waals surface area (Å²) >= 11 is 0. The smallest absolute Gasteiger partial charge is 0.328 e. The van der Waals surface area contributed by atoms with Gasteiger partial charge in [0, 0.05) is 20.3 Å². The Morgan fingerprint density at radius 3 is 2.38 bits per heavy atom. The van der Waals surface area contributed by atoms with Crippen molar-refractivity contribution >= 4 is 12.0 Å². The third kappa shape index (κ3) is 6.60. The molecule has 0 atom stereocenters. The van der Waals surface area contributed by atoms with Crippen molar-refractivity contribution < 1.29 is 28.8 Å². The third-order valence-electron chi connectivity index (χ3n) is 2.27. The lowest BCUT2D eigenvalue weighted by atomic mass is 10.2. The van der Waals surface area contributed by atoms with Crippen molar-refractivity contribution in [2.45, 2.75) is 0 Å². The second kappa shape index (κ2) is 9.57. The highest BCUT2D eigenvalue weighted by molar-refractivity contribution is 5.80. The van der Waals surface area contributed by atoms with E-state index in [1.165, 1.54) is 20.3 Å². The molecule has 6 nitrogen and oxygen atoms in total. The average Bonchev–Trinajstić information content (AvgIpc) is 2.48. The van der Waals surface area contributed by atoms with Gasteiger partial charge in [-0.2, -0.15) is 0 Å². The van der Waals surface area contributed by atoms with Gasteiger partial charge in [0.2, 0.25) is 0 Å². The van der Waals surface area contributed by atoms with E-state index in [1.54, 1.807) is 24.3 Å². The van der Waals surface area contributed by atoms with Gasteiger partial charge in [0.05, 0.1) is 0 Å². The second-order valence-electron chi connectivity index (χ2n) is 3.86. The number of carboxylic acids is 1. The molecule has 0 aliphatic heterocycles. The number of rotatable bonds is 9. The summed E-state index contributed by atoms with van der Waals surface area (Å²) in [7, 11) is 3.05. The first kappa shape index (κ1) is 16.7. The van der Waals surface area contributed by atoms with Gasteiger partial charge in [-0.1, -0.05) is 24.3 Å². The van der Waals surface area contributed by atoms with Crippen molar-refractivity contribution in [3.8, 4) is 11.5 Å². The zero-order chi connectivity index (χ0) is 15.5. The highest BCUT2D eigenvalue weighted by Gasteiger charge is 2.05. The van der Waals surface area contributed by atoms with Crippen LogP contribution in [0.5, 0.6) is 11.5 Å². The van der Waals surface area contributed by atoms with Gasteiger partial charge in [0.25, 0.3) is 0 Å². The lowest BCUT2D eigenvalue weighted by Gasteiger charge is -2.12. The van der Waals surface area contributed by atoms with E-state index in [0.29, 0.717) is 11.5 Å². The summed E-state index contributed by atoms with van der Waals surface area (Å²) in [5.41, 5.74) is 0.834. The number of methoxy groups -OCH3 is 2. The molecule has 0 saturated heterocycles. The molecule has 114 valence electrons. The maximum absolute atomic E-state index is 10.3. The van der Waals surface area contributed by atoms with Crippen molar-refractivity contribution in [2.75, 3.05) is 27.8 Å². The zero-order valence-electron chi connectivity index (χ0n) is 11.9. The molecule has 21 heavy (non-hydrogen) atoms. The van der Waals surface area contributed by atoms with Crippen LogP contribution in [0.25, 0.3) is 6.08 Å². The van der Waals surface area contributed by atoms with Gasteiger partial charge in [-0.05, 0) is 17.7 Å². The first-order chi connectivity index (χ1) is 10.2. The molecule has 0 unspecified atom stereocenters. The molecule has 0 heterocycles. The molecule has 0 bridgehead atoms. The van der Waals surface area contributed by atoms with Gasteiger partial charge in [-0.15, -0.1) is 0 Å². The van der Waals surface area contributed by atoms with E-state index in [2.05, 4.69) is 0 Å². The van der Waals surface area contributed by atoms with Crippen LogP contribution in [0.15, 0.2) is 36.4 Å².